The zero-order valence-electron chi connectivity index (χ0n) is 17.5. The third-order valence-corrected chi connectivity index (χ3v) is 8.62. The Bertz CT molecular complexity index is 1130. The summed E-state index contributed by atoms with van der Waals surface area (Å²) in [5, 5.41) is 2.57. The molecule has 0 bridgehead atoms. The number of nitrogens with zero attached hydrogens (tertiary/aromatic N) is 2. The fourth-order valence-corrected chi connectivity index (χ4v) is 6.32. The lowest BCUT2D eigenvalue weighted by atomic mass is 9.92. The van der Waals surface area contributed by atoms with Crippen molar-refractivity contribution in [3.63, 3.8) is 0 Å². The Hall–Kier alpha value is -2.47. The van der Waals surface area contributed by atoms with Crippen molar-refractivity contribution in [2.24, 2.45) is 0 Å². The summed E-state index contributed by atoms with van der Waals surface area (Å²) in [5.41, 5.74) is -1.08. The van der Waals surface area contributed by atoms with Gasteiger partial charge in [0.15, 0.2) is 19.7 Å². The van der Waals surface area contributed by atoms with Crippen molar-refractivity contribution in [1.29, 1.82) is 0 Å². The van der Waals surface area contributed by atoms with E-state index in [0.29, 0.717) is 12.0 Å². The van der Waals surface area contributed by atoms with E-state index in [9.17, 15) is 31.2 Å². The first-order chi connectivity index (χ1) is 14.3. The van der Waals surface area contributed by atoms with Crippen molar-refractivity contribution in [1.82, 2.24) is 15.1 Å². The molecule has 4 amide bonds. The van der Waals surface area contributed by atoms with E-state index in [0.717, 1.165) is 11.2 Å². The molecule has 2 aliphatic rings. The van der Waals surface area contributed by atoms with Crippen LogP contribution in [-0.4, -0.2) is 81.4 Å². The van der Waals surface area contributed by atoms with Crippen molar-refractivity contribution in [3.05, 3.63) is 29.8 Å². The van der Waals surface area contributed by atoms with Crippen LogP contribution in [0.3, 0.4) is 0 Å². The van der Waals surface area contributed by atoms with Gasteiger partial charge in [-0.25, -0.2) is 21.6 Å². The topological polar surface area (TPSA) is 138 Å². The van der Waals surface area contributed by atoms with E-state index in [1.165, 1.54) is 36.1 Å². The van der Waals surface area contributed by atoms with Crippen LogP contribution in [0.25, 0.3) is 0 Å². The maximum absolute atomic E-state index is 13.0. The molecule has 2 atom stereocenters. The highest BCUT2D eigenvalue weighted by atomic mass is 32.2. The zero-order chi connectivity index (χ0) is 23.2. The maximum atomic E-state index is 13.0. The second kappa shape index (κ2) is 7.90. The van der Waals surface area contributed by atoms with Crippen LogP contribution in [0.5, 0.6) is 0 Å². The van der Waals surface area contributed by atoms with E-state index >= 15 is 0 Å². The summed E-state index contributed by atoms with van der Waals surface area (Å²) in [4.78, 5) is 40.6. The van der Waals surface area contributed by atoms with Gasteiger partial charge in [0.25, 0.3) is 5.91 Å². The number of hydrogen-bond acceptors (Lipinski definition) is 7. The van der Waals surface area contributed by atoms with Crippen molar-refractivity contribution in [3.8, 4) is 0 Å². The van der Waals surface area contributed by atoms with Crippen LogP contribution in [0.1, 0.15) is 25.8 Å². The van der Waals surface area contributed by atoms with Crippen LogP contribution in [-0.2, 0) is 34.8 Å². The average molecular weight is 472 g/mol. The highest BCUT2D eigenvalue weighted by molar-refractivity contribution is 7.91. The van der Waals surface area contributed by atoms with Crippen LogP contribution >= 0.6 is 0 Å². The van der Waals surface area contributed by atoms with Gasteiger partial charge in [-0.3, -0.25) is 14.5 Å². The first-order valence-corrected chi connectivity index (χ1v) is 13.4. The van der Waals surface area contributed by atoms with E-state index in [-0.39, 0.29) is 22.9 Å². The molecule has 31 heavy (non-hydrogen) atoms. The van der Waals surface area contributed by atoms with Crippen LogP contribution in [0.15, 0.2) is 29.2 Å². The molecular weight excluding hydrogens is 446 g/mol. The number of nitrogens with one attached hydrogen (secondary N) is 1. The largest absolute Gasteiger partial charge is 0.337 e. The molecule has 0 spiro atoms. The number of urea groups is 1. The minimum absolute atomic E-state index is 0.00608. The van der Waals surface area contributed by atoms with E-state index in [1.54, 1.807) is 6.92 Å². The molecule has 10 nitrogen and oxygen atoms in total. The third-order valence-electron chi connectivity index (χ3n) is 5.74. The van der Waals surface area contributed by atoms with Gasteiger partial charge in [0, 0.05) is 18.8 Å². The molecular formula is C19H25N3O7S2. The Kier molecular flexibility index (Phi) is 5.91. The van der Waals surface area contributed by atoms with Gasteiger partial charge in [0.2, 0.25) is 5.91 Å². The fourth-order valence-electron chi connectivity index (χ4n) is 3.96. The quantitative estimate of drug-likeness (QED) is 0.572. The average Bonchev–Trinajstić information content (AvgIpc) is 3.14. The van der Waals surface area contributed by atoms with Gasteiger partial charge in [0.05, 0.1) is 16.4 Å². The third kappa shape index (κ3) is 4.45. The van der Waals surface area contributed by atoms with Gasteiger partial charge < -0.3 is 10.2 Å². The van der Waals surface area contributed by atoms with Crippen molar-refractivity contribution in [2.75, 3.05) is 30.9 Å². The SMILES string of the molecule is CCN(C(=O)CN1C(=O)NC(C)(c2ccc(S(C)(=O)=O)cc2)C1=O)C1CCS(=O)(=O)C1. The summed E-state index contributed by atoms with van der Waals surface area (Å²) < 4.78 is 46.8. The van der Waals surface area contributed by atoms with Crippen molar-refractivity contribution >= 4 is 37.5 Å². The van der Waals surface area contributed by atoms with Crippen LogP contribution in [0.2, 0.25) is 0 Å². The molecule has 2 saturated heterocycles. The Labute approximate surface area is 181 Å². The smallest absolute Gasteiger partial charge is 0.325 e. The molecule has 170 valence electrons. The molecule has 0 saturated carbocycles. The minimum Gasteiger partial charge on any atom is -0.337 e. The molecule has 3 rings (SSSR count). The van der Waals surface area contributed by atoms with Crippen LogP contribution in [0.4, 0.5) is 4.79 Å². The van der Waals surface area contributed by atoms with E-state index < -0.39 is 55.6 Å². The van der Waals surface area contributed by atoms with Gasteiger partial charge in [-0.15, -0.1) is 0 Å². The number of carbonyl (C=O) groups excluding carboxylic acids is 3. The number of rotatable bonds is 6. The highest BCUT2D eigenvalue weighted by Gasteiger charge is 2.50. The van der Waals surface area contributed by atoms with Gasteiger partial charge >= 0.3 is 6.03 Å². The summed E-state index contributed by atoms with van der Waals surface area (Å²) in [5.74, 6) is -1.28. The predicted octanol–water partition coefficient (Wildman–Crippen LogP) is -0.107. The van der Waals surface area contributed by atoms with E-state index in [2.05, 4.69) is 5.32 Å². The zero-order valence-corrected chi connectivity index (χ0v) is 19.1. The molecule has 1 aromatic carbocycles. The lowest BCUT2D eigenvalue weighted by molar-refractivity contribution is -0.139. The first kappa shape index (κ1) is 23.2. The minimum atomic E-state index is -3.42. The highest BCUT2D eigenvalue weighted by Crippen LogP contribution is 2.30. The van der Waals surface area contributed by atoms with Crippen LogP contribution in [0, 0.1) is 0 Å². The fraction of sp³-hybridized carbons (Fsp3) is 0.526. The van der Waals surface area contributed by atoms with E-state index in [4.69, 9.17) is 0 Å². The van der Waals surface area contributed by atoms with Crippen molar-refractivity contribution < 1.29 is 31.2 Å². The lowest BCUT2D eigenvalue weighted by Crippen LogP contribution is -2.48. The summed E-state index contributed by atoms with van der Waals surface area (Å²) in [6.45, 7) is 2.94. The number of carbonyl (C=O) groups is 3. The second-order valence-corrected chi connectivity index (χ2v) is 12.2. The summed E-state index contributed by atoms with van der Waals surface area (Å²) in [6, 6.07) is 4.37. The Morgan fingerprint density at radius 1 is 1.26 bits per heavy atom. The van der Waals surface area contributed by atoms with Gasteiger partial charge in [-0.05, 0) is 38.0 Å². The standard InChI is InChI=1S/C19H25N3O7S2/c1-4-21(14-9-10-31(28,29)12-14)16(23)11-22-17(24)19(2,20-18(22)25)13-5-7-15(8-6-13)30(3,26)27/h5-8,14H,4,9-12H2,1-3H3,(H,20,25). The number of amides is 4. The van der Waals surface area contributed by atoms with E-state index in [1.807, 2.05) is 0 Å². The predicted molar refractivity (Wildman–Crippen MR) is 112 cm³/mol. The van der Waals surface area contributed by atoms with Gasteiger partial charge in [0.1, 0.15) is 12.1 Å². The molecule has 2 fully saturated rings. The molecule has 2 heterocycles. The molecule has 1 aromatic rings. The van der Waals surface area contributed by atoms with Crippen LogP contribution < -0.4 is 5.32 Å². The monoisotopic (exact) mass is 471 g/mol. The maximum Gasteiger partial charge on any atom is 0.325 e. The molecule has 0 aromatic heterocycles. The molecule has 2 aliphatic heterocycles. The lowest BCUT2D eigenvalue weighted by Gasteiger charge is -2.28. The molecule has 0 aliphatic carbocycles. The molecule has 2 unspecified atom stereocenters. The number of imide groups is 1. The summed E-state index contributed by atoms with van der Waals surface area (Å²) in [6.07, 6.45) is 1.39. The molecule has 1 N–H and O–H groups in total. The first-order valence-electron chi connectivity index (χ1n) is 9.73. The second-order valence-electron chi connectivity index (χ2n) is 7.98. The number of sulfone groups is 2. The normalized spacial score (nSPS) is 25.5. The van der Waals surface area contributed by atoms with Gasteiger partial charge in [-0.1, -0.05) is 12.1 Å². The molecule has 12 heteroatoms. The Balaban J connectivity index is 1.78. The number of hydrogen-bond donors (Lipinski definition) is 1. The Morgan fingerprint density at radius 2 is 1.87 bits per heavy atom. The number of likely N-dealkylation sites (N-methyl/N-ethyl adjacent to an activating group) is 1. The molecule has 0 radical (unpaired) electrons. The summed E-state index contributed by atoms with van der Waals surface area (Å²) >= 11 is 0. The summed E-state index contributed by atoms with van der Waals surface area (Å²) in [7, 11) is -6.62. The van der Waals surface area contributed by atoms with Crippen molar-refractivity contribution in [2.45, 2.75) is 36.7 Å². The number of benzene rings is 1. The Morgan fingerprint density at radius 3 is 2.35 bits per heavy atom. The van der Waals surface area contributed by atoms with Gasteiger partial charge in [-0.2, -0.15) is 0 Å².